The van der Waals surface area contributed by atoms with Crippen molar-refractivity contribution in [3.8, 4) is 0 Å². The first-order valence-corrected chi connectivity index (χ1v) is 10.1. The van der Waals surface area contributed by atoms with Gasteiger partial charge in [0.1, 0.15) is 5.69 Å². The molecule has 3 N–H and O–H groups in total. The molecule has 0 bridgehead atoms. The third-order valence-corrected chi connectivity index (χ3v) is 5.36. The number of benzene rings is 2. The van der Waals surface area contributed by atoms with Crippen molar-refractivity contribution < 1.29 is 18.0 Å². The molecule has 0 saturated carbocycles. The van der Waals surface area contributed by atoms with Crippen LogP contribution in [0.5, 0.6) is 0 Å². The highest BCUT2D eigenvalue weighted by Gasteiger charge is 2.16. The molecule has 0 fully saturated rings. The summed E-state index contributed by atoms with van der Waals surface area (Å²) in [6.45, 7) is 0. The molecule has 2 amide bonds. The molecule has 0 unspecified atom stereocenters. The summed E-state index contributed by atoms with van der Waals surface area (Å²) in [5.41, 5.74) is 5.14. The average Bonchev–Trinajstić information content (AvgIpc) is 2.74. The van der Waals surface area contributed by atoms with Crippen LogP contribution in [0.4, 0.5) is 5.69 Å². The molecule has 10 heteroatoms. The number of hydrogen-bond donors (Lipinski definition) is 3. The lowest BCUT2D eigenvalue weighted by atomic mass is 10.2. The zero-order valence-corrected chi connectivity index (χ0v) is 16.4. The molecule has 0 saturated heterocycles. The number of rotatable bonds is 5. The van der Waals surface area contributed by atoms with Crippen molar-refractivity contribution in [1.82, 2.24) is 15.8 Å². The predicted octanol–water partition coefficient (Wildman–Crippen LogP) is 2.61. The third kappa shape index (κ3) is 5.31. The van der Waals surface area contributed by atoms with Gasteiger partial charge in [0, 0.05) is 22.5 Å². The molecule has 3 aromatic rings. The Bertz CT molecular complexity index is 1120. The molecule has 8 nitrogen and oxygen atoms in total. The van der Waals surface area contributed by atoms with Crippen LogP contribution >= 0.6 is 11.6 Å². The summed E-state index contributed by atoms with van der Waals surface area (Å²) in [5, 5.41) is 0.485. The van der Waals surface area contributed by atoms with Crippen molar-refractivity contribution in [2.75, 3.05) is 4.72 Å². The van der Waals surface area contributed by atoms with Crippen LogP contribution in [0, 0.1) is 0 Å². The number of nitrogens with one attached hydrogen (secondary N) is 3. The van der Waals surface area contributed by atoms with E-state index in [4.69, 9.17) is 11.6 Å². The lowest BCUT2D eigenvalue weighted by molar-refractivity contribution is 0.0844. The quantitative estimate of drug-likeness (QED) is 0.538. The molecular weight excluding hydrogens is 416 g/mol. The Labute approximate surface area is 172 Å². The Morgan fingerprint density at radius 2 is 1.48 bits per heavy atom. The summed E-state index contributed by atoms with van der Waals surface area (Å²) in [6.07, 6.45) is 1.45. The molecule has 0 atom stereocenters. The van der Waals surface area contributed by atoms with E-state index in [2.05, 4.69) is 20.6 Å². The zero-order chi connectivity index (χ0) is 20.9. The fourth-order valence-corrected chi connectivity index (χ4v) is 3.45. The molecular formula is C19H15ClN4O4S. The van der Waals surface area contributed by atoms with E-state index in [1.807, 2.05) is 0 Å². The number of aromatic nitrogens is 1. The number of anilines is 1. The van der Waals surface area contributed by atoms with Gasteiger partial charge in [-0.3, -0.25) is 30.1 Å². The van der Waals surface area contributed by atoms with Gasteiger partial charge in [0.15, 0.2) is 0 Å². The smallest absolute Gasteiger partial charge is 0.280 e. The van der Waals surface area contributed by atoms with Gasteiger partial charge in [-0.2, -0.15) is 0 Å². The van der Waals surface area contributed by atoms with Crippen molar-refractivity contribution in [3.63, 3.8) is 0 Å². The molecule has 0 radical (unpaired) electrons. The van der Waals surface area contributed by atoms with Crippen LogP contribution in [0.1, 0.15) is 20.8 Å². The third-order valence-electron chi connectivity index (χ3n) is 3.71. The Hall–Kier alpha value is -3.43. The van der Waals surface area contributed by atoms with Gasteiger partial charge < -0.3 is 0 Å². The molecule has 0 aliphatic rings. The highest BCUT2D eigenvalue weighted by molar-refractivity contribution is 7.92. The van der Waals surface area contributed by atoms with Crippen molar-refractivity contribution in [1.29, 1.82) is 0 Å². The normalized spacial score (nSPS) is 10.8. The highest BCUT2D eigenvalue weighted by Crippen LogP contribution is 2.18. The fraction of sp³-hybridized carbons (Fsp3) is 0. The minimum Gasteiger partial charge on any atom is -0.280 e. The van der Waals surface area contributed by atoms with Gasteiger partial charge in [-0.15, -0.1) is 0 Å². The van der Waals surface area contributed by atoms with E-state index in [-0.39, 0.29) is 16.2 Å². The van der Waals surface area contributed by atoms with Crippen molar-refractivity contribution in [3.05, 3.63) is 89.2 Å². The number of hydrogen-bond acceptors (Lipinski definition) is 5. The number of carbonyl (C=O) groups excluding carboxylic acids is 2. The van der Waals surface area contributed by atoms with Gasteiger partial charge >= 0.3 is 0 Å². The van der Waals surface area contributed by atoms with Gasteiger partial charge in [0.2, 0.25) is 0 Å². The second-order valence-electron chi connectivity index (χ2n) is 5.76. The molecule has 29 heavy (non-hydrogen) atoms. The Balaban J connectivity index is 1.63. The number of carbonyl (C=O) groups is 2. The van der Waals surface area contributed by atoms with E-state index in [1.165, 1.54) is 48.7 Å². The second kappa shape index (κ2) is 8.72. The summed E-state index contributed by atoms with van der Waals surface area (Å²) < 4.78 is 27.3. The minimum atomic E-state index is -3.83. The SMILES string of the molecule is O=C(NNC(=O)c1ccccn1)c1ccc(S(=O)(=O)Nc2ccc(Cl)cc2)cc1. The molecule has 0 aliphatic carbocycles. The highest BCUT2D eigenvalue weighted by atomic mass is 35.5. The number of halogens is 1. The lowest BCUT2D eigenvalue weighted by Gasteiger charge is -2.10. The Kier molecular flexibility index (Phi) is 6.10. The molecule has 3 rings (SSSR count). The molecule has 1 heterocycles. The molecule has 2 aromatic carbocycles. The maximum absolute atomic E-state index is 12.4. The van der Waals surface area contributed by atoms with Gasteiger partial charge in [-0.05, 0) is 60.7 Å². The summed E-state index contributed by atoms with van der Waals surface area (Å²) >= 11 is 5.78. The van der Waals surface area contributed by atoms with Gasteiger partial charge in [0.25, 0.3) is 21.8 Å². The zero-order valence-electron chi connectivity index (χ0n) is 14.8. The van der Waals surface area contributed by atoms with E-state index >= 15 is 0 Å². The van der Waals surface area contributed by atoms with E-state index in [1.54, 1.807) is 24.3 Å². The largest absolute Gasteiger partial charge is 0.288 e. The van der Waals surface area contributed by atoms with Crippen molar-refractivity contribution >= 4 is 39.1 Å². The van der Waals surface area contributed by atoms with E-state index in [0.29, 0.717) is 10.7 Å². The Morgan fingerprint density at radius 1 is 0.828 bits per heavy atom. The predicted molar refractivity (Wildman–Crippen MR) is 108 cm³/mol. The summed E-state index contributed by atoms with van der Waals surface area (Å²) in [7, 11) is -3.83. The van der Waals surface area contributed by atoms with Crippen LogP contribution in [0.2, 0.25) is 5.02 Å². The standard InChI is InChI=1S/C19H15ClN4O4S/c20-14-6-8-15(9-7-14)24-29(27,28)16-10-4-13(5-11-16)18(25)22-23-19(26)17-3-1-2-12-21-17/h1-12,24H,(H,22,25)(H,23,26). The minimum absolute atomic E-state index is 0.0264. The van der Waals surface area contributed by atoms with E-state index in [0.717, 1.165) is 0 Å². The van der Waals surface area contributed by atoms with Crippen molar-refractivity contribution in [2.45, 2.75) is 4.90 Å². The Morgan fingerprint density at radius 3 is 2.10 bits per heavy atom. The number of amides is 2. The summed E-state index contributed by atoms with van der Waals surface area (Å²) in [6, 6.07) is 16.2. The molecule has 1 aromatic heterocycles. The van der Waals surface area contributed by atoms with Crippen LogP contribution in [0.15, 0.2) is 77.8 Å². The van der Waals surface area contributed by atoms with Gasteiger partial charge in [-0.25, -0.2) is 8.42 Å². The van der Waals surface area contributed by atoms with Crippen LogP contribution < -0.4 is 15.6 Å². The summed E-state index contributed by atoms with van der Waals surface area (Å²) in [4.78, 5) is 27.9. The number of sulfonamides is 1. The first kappa shape index (κ1) is 20.3. The van der Waals surface area contributed by atoms with Crippen LogP contribution in [0.3, 0.4) is 0 Å². The maximum Gasteiger partial charge on any atom is 0.288 e. The lowest BCUT2D eigenvalue weighted by Crippen LogP contribution is -2.41. The van der Waals surface area contributed by atoms with Gasteiger partial charge in [-0.1, -0.05) is 17.7 Å². The monoisotopic (exact) mass is 430 g/mol. The van der Waals surface area contributed by atoms with Gasteiger partial charge in [0.05, 0.1) is 4.90 Å². The average molecular weight is 431 g/mol. The van der Waals surface area contributed by atoms with E-state index < -0.39 is 21.8 Å². The first-order valence-electron chi connectivity index (χ1n) is 8.25. The summed E-state index contributed by atoms with van der Waals surface area (Å²) in [5.74, 6) is -1.19. The van der Waals surface area contributed by atoms with E-state index in [9.17, 15) is 18.0 Å². The van der Waals surface area contributed by atoms with Crippen LogP contribution in [-0.2, 0) is 10.0 Å². The molecule has 148 valence electrons. The van der Waals surface area contributed by atoms with Crippen molar-refractivity contribution in [2.24, 2.45) is 0 Å². The topological polar surface area (TPSA) is 117 Å². The fourth-order valence-electron chi connectivity index (χ4n) is 2.26. The number of pyridine rings is 1. The molecule has 0 aliphatic heterocycles. The number of nitrogens with zero attached hydrogens (tertiary/aromatic N) is 1. The maximum atomic E-state index is 12.4. The van der Waals surface area contributed by atoms with Crippen LogP contribution in [-0.4, -0.2) is 25.2 Å². The first-order chi connectivity index (χ1) is 13.8. The van der Waals surface area contributed by atoms with Crippen LogP contribution in [0.25, 0.3) is 0 Å². The molecule has 0 spiro atoms. The number of hydrazine groups is 1. The second-order valence-corrected chi connectivity index (χ2v) is 7.88.